The van der Waals surface area contributed by atoms with Crippen molar-refractivity contribution in [3.8, 4) is 11.8 Å². The molecule has 158 valence electrons. The van der Waals surface area contributed by atoms with Crippen molar-refractivity contribution >= 4 is 28.6 Å². The van der Waals surface area contributed by atoms with E-state index in [0.717, 1.165) is 11.3 Å². The van der Waals surface area contributed by atoms with Crippen LogP contribution in [0.25, 0.3) is 16.7 Å². The van der Waals surface area contributed by atoms with Crippen LogP contribution in [0.5, 0.6) is 0 Å². The van der Waals surface area contributed by atoms with Crippen LogP contribution < -0.4 is 10.7 Å². The molecule has 2 aromatic heterocycles. The van der Waals surface area contributed by atoms with Gasteiger partial charge in [-0.15, -0.1) is 0 Å². The summed E-state index contributed by atoms with van der Waals surface area (Å²) in [5.41, 5.74) is 2.75. The predicted molar refractivity (Wildman–Crippen MR) is 120 cm³/mol. The van der Waals surface area contributed by atoms with E-state index in [9.17, 15) is 9.59 Å². The molecule has 4 rings (SSSR count). The molecule has 0 unspecified atom stereocenters. The summed E-state index contributed by atoms with van der Waals surface area (Å²) < 4.78 is 6.75. The van der Waals surface area contributed by atoms with Crippen LogP contribution in [0.1, 0.15) is 28.4 Å². The first kappa shape index (κ1) is 20.8. The molecule has 0 aliphatic carbocycles. The number of pyridine rings is 1. The second-order valence-corrected chi connectivity index (χ2v) is 7.05. The van der Waals surface area contributed by atoms with Gasteiger partial charge in [0.05, 0.1) is 23.6 Å². The first-order valence-electron chi connectivity index (χ1n) is 9.94. The molecule has 0 saturated heterocycles. The molecule has 32 heavy (non-hydrogen) atoms. The molecule has 0 atom stereocenters. The molecule has 4 aromatic rings. The minimum absolute atomic E-state index is 0.0859. The van der Waals surface area contributed by atoms with E-state index in [1.807, 2.05) is 31.2 Å². The highest BCUT2D eigenvalue weighted by atomic mass is 16.5. The topological polar surface area (TPSA) is 110 Å². The van der Waals surface area contributed by atoms with E-state index in [1.165, 1.54) is 12.4 Å². The number of aryl methyl sites for hydroxylation is 1. The molecule has 1 N–H and O–H groups in total. The summed E-state index contributed by atoms with van der Waals surface area (Å²) in [4.78, 5) is 34.2. The lowest BCUT2D eigenvalue weighted by atomic mass is 10.1. The van der Waals surface area contributed by atoms with Gasteiger partial charge in [-0.2, -0.15) is 10.2 Å². The predicted octanol–water partition coefficient (Wildman–Crippen LogP) is 3.88. The third-order valence-corrected chi connectivity index (χ3v) is 4.79. The van der Waals surface area contributed by atoms with Crippen LogP contribution in [0, 0.1) is 18.3 Å². The maximum atomic E-state index is 13.0. The summed E-state index contributed by atoms with van der Waals surface area (Å²) in [6.07, 6.45) is 2.85. The number of carbonyl (C=O) groups excluding carboxylic acids is 1. The largest absolute Gasteiger partial charge is 0.462 e. The summed E-state index contributed by atoms with van der Waals surface area (Å²) in [6, 6.07) is 16.5. The minimum atomic E-state index is -0.694. The Morgan fingerprint density at radius 1 is 1.22 bits per heavy atom. The fourth-order valence-electron chi connectivity index (χ4n) is 3.26. The van der Waals surface area contributed by atoms with Crippen molar-refractivity contribution in [3.63, 3.8) is 0 Å². The summed E-state index contributed by atoms with van der Waals surface area (Å²) >= 11 is 0. The van der Waals surface area contributed by atoms with Crippen molar-refractivity contribution in [2.75, 3.05) is 11.9 Å². The van der Waals surface area contributed by atoms with Crippen LogP contribution in [0.3, 0.4) is 0 Å². The van der Waals surface area contributed by atoms with Gasteiger partial charge in [-0.25, -0.2) is 9.78 Å². The molecule has 0 aliphatic rings. The molecule has 0 saturated carbocycles. The summed E-state index contributed by atoms with van der Waals surface area (Å²) in [5, 5.41) is 12.2. The second-order valence-electron chi connectivity index (χ2n) is 7.05. The fourth-order valence-corrected chi connectivity index (χ4v) is 3.26. The SMILES string of the molecule is CCOC(=O)c1cn(-c2cccc(C)c2)c2nc(Nc3ccc(C#N)cc3)ncc2c1=O. The van der Waals surface area contributed by atoms with Gasteiger partial charge in [0.15, 0.2) is 5.65 Å². The lowest BCUT2D eigenvalue weighted by Crippen LogP contribution is -2.21. The number of hydrogen-bond donors (Lipinski definition) is 1. The van der Waals surface area contributed by atoms with Crippen molar-refractivity contribution < 1.29 is 9.53 Å². The average Bonchev–Trinajstić information content (AvgIpc) is 2.80. The van der Waals surface area contributed by atoms with Gasteiger partial charge < -0.3 is 14.6 Å². The quantitative estimate of drug-likeness (QED) is 0.483. The number of ether oxygens (including phenoxy) is 1. The van der Waals surface area contributed by atoms with E-state index < -0.39 is 11.4 Å². The first-order chi connectivity index (χ1) is 15.5. The highest BCUT2D eigenvalue weighted by molar-refractivity contribution is 5.93. The third-order valence-electron chi connectivity index (χ3n) is 4.79. The van der Waals surface area contributed by atoms with Crippen LogP contribution >= 0.6 is 0 Å². The van der Waals surface area contributed by atoms with Gasteiger partial charge in [-0.05, 0) is 55.8 Å². The van der Waals surface area contributed by atoms with Crippen LogP contribution in [-0.2, 0) is 4.74 Å². The van der Waals surface area contributed by atoms with Crippen LogP contribution in [0.15, 0.2) is 65.7 Å². The molecule has 0 bridgehead atoms. The number of esters is 1. The number of rotatable bonds is 5. The number of fused-ring (bicyclic) bond motifs is 1. The molecular weight excluding hydrogens is 406 g/mol. The Balaban J connectivity index is 1.88. The van der Waals surface area contributed by atoms with Crippen LogP contribution in [0.2, 0.25) is 0 Å². The standard InChI is InChI=1S/C24H19N5O3/c1-3-32-23(31)20-14-29(18-6-4-5-15(2)11-18)22-19(21(20)30)13-26-24(28-22)27-17-9-7-16(12-25)8-10-17/h4-11,13-14H,3H2,1-2H3,(H,26,27,28). The summed E-state index contributed by atoms with van der Waals surface area (Å²) in [5.74, 6) is -0.424. The summed E-state index contributed by atoms with van der Waals surface area (Å²) in [7, 11) is 0. The van der Waals surface area contributed by atoms with Crippen LogP contribution in [-0.4, -0.2) is 27.1 Å². The second kappa shape index (κ2) is 8.70. The van der Waals surface area contributed by atoms with Gasteiger partial charge in [-0.1, -0.05) is 12.1 Å². The lowest BCUT2D eigenvalue weighted by molar-refractivity contribution is 0.0524. The molecule has 0 aliphatic heterocycles. The van der Waals surface area contributed by atoms with Crippen molar-refractivity contribution in [2.24, 2.45) is 0 Å². The minimum Gasteiger partial charge on any atom is -0.462 e. The molecule has 2 heterocycles. The maximum absolute atomic E-state index is 13.0. The number of anilines is 2. The highest BCUT2D eigenvalue weighted by Gasteiger charge is 2.19. The number of benzene rings is 2. The molecular formula is C24H19N5O3. The molecule has 0 spiro atoms. The number of hydrogen-bond acceptors (Lipinski definition) is 7. The van der Waals surface area contributed by atoms with E-state index in [-0.39, 0.29) is 23.5 Å². The number of nitrogens with one attached hydrogen (secondary N) is 1. The molecule has 0 radical (unpaired) electrons. The van der Waals surface area contributed by atoms with E-state index in [0.29, 0.717) is 16.9 Å². The van der Waals surface area contributed by atoms with Gasteiger partial charge in [-0.3, -0.25) is 4.79 Å². The normalized spacial score (nSPS) is 10.5. The fraction of sp³-hybridized carbons (Fsp3) is 0.125. The molecule has 2 aromatic carbocycles. The highest BCUT2D eigenvalue weighted by Crippen LogP contribution is 2.20. The number of nitrogens with zero attached hydrogens (tertiary/aromatic N) is 4. The molecule has 8 heteroatoms. The Morgan fingerprint density at radius 2 is 2.00 bits per heavy atom. The zero-order valence-corrected chi connectivity index (χ0v) is 17.5. The Labute approximate surface area is 183 Å². The Hall–Kier alpha value is -4.51. The zero-order valence-electron chi connectivity index (χ0n) is 17.5. The smallest absolute Gasteiger partial charge is 0.343 e. The van der Waals surface area contributed by atoms with Gasteiger partial charge in [0.2, 0.25) is 11.4 Å². The molecule has 0 amide bonds. The Bertz CT molecular complexity index is 1420. The number of nitriles is 1. The first-order valence-corrected chi connectivity index (χ1v) is 9.94. The average molecular weight is 425 g/mol. The third kappa shape index (κ3) is 4.04. The van der Waals surface area contributed by atoms with Crippen molar-refractivity contribution in [3.05, 3.63) is 87.8 Å². The monoisotopic (exact) mass is 425 g/mol. The van der Waals surface area contributed by atoms with E-state index in [1.54, 1.807) is 35.8 Å². The van der Waals surface area contributed by atoms with E-state index in [2.05, 4.69) is 21.4 Å². The van der Waals surface area contributed by atoms with Crippen molar-refractivity contribution in [1.82, 2.24) is 14.5 Å². The van der Waals surface area contributed by atoms with Gasteiger partial charge in [0, 0.05) is 23.8 Å². The van der Waals surface area contributed by atoms with Crippen LogP contribution in [0.4, 0.5) is 11.6 Å². The van der Waals surface area contributed by atoms with E-state index in [4.69, 9.17) is 10.00 Å². The van der Waals surface area contributed by atoms with Crippen molar-refractivity contribution in [2.45, 2.75) is 13.8 Å². The molecule has 8 nitrogen and oxygen atoms in total. The van der Waals surface area contributed by atoms with Gasteiger partial charge in [0.25, 0.3) is 0 Å². The maximum Gasteiger partial charge on any atom is 0.343 e. The lowest BCUT2D eigenvalue weighted by Gasteiger charge is -2.14. The zero-order chi connectivity index (χ0) is 22.7. The molecule has 0 fully saturated rings. The van der Waals surface area contributed by atoms with Gasteiger partial charge in [0.1, 0.15) is 5.56 Å². The number of aromatic nitrogens is 3. The Morgan fingerprint density at radius 3 is 2.69 bits per heavy atom. The Kier molecular flexibility index (Phi) is 5.64. The van der Waals surface area contributed by atoms with E-state index >= 15 is 0 Å². The summed E-state index contributed by atoms with van der Waals surface area (Å²) in [6.45, 7) is 3.79. The van der Waals surface area contributed by atoms with Crippen molar-refractivity contribution in [1.29, 1.82) is 5.26 Å². The number of carbonyl (C=O) groups is 1. The van der Waals surface area contributed by atoms with Gasteiger partial charge >= 0.3 is 5.97 Å².